The molecule has 4 aromatic rings. The van der Waals surface area contributed by atoms with Gasteiger partial charge in [-0.3, -0.25) is 4.79 Å². The summed E-state index contributed by atoms with van der Waals surface area (Å²) in [6.07, 6.45) is 2.54. The average molecular weight is 494 g/mol. The molecule has 1 aliphatic heterocycles. The molecule has 1 aromatic carbocycles. The van der Waals surface area contributed by atoms with Crippen molar-refractivity contribution in [2.24, 2.45) is 0 Å². The van der Waals surface area contributed by atoms with E-state index in [1.54, 1.807) is 37.1 Å². The number of amides is 1. The zero-order valence-corrected chi connectivity index (χ0v) is 20.3. The van der Waals surface area contributed by atoms with Crippen LogP contribution in [0.25, 0.3) is 22.3 Å². The van der Waals surface area contributed by atoms with E-state index in [9.17, 15) is 13.6 Å². The lowest BCUT2D eigenvalue weighted by Crippen LogP contribution is -2.54. The Balaban J connectivity index is 1.40. The molecule has 0 saturated carbocycles. The average Bonchev–Trinajstić information content (AvgIpc) is 3.16. The minimum Gasteiger partial charge on any atom is -0.378 e. The highest BCUT2D eigenvalue weighted by Crippen LogP contribution is 2.30. The van der Waals surface area contributed by atoms with Gasteiger partial charge in [-0.2, -0.15) is 0 Å². The minimum absolute atomic E-state index is 0.0422. The minimum atomic E-state index is -0.690. The Morgan fingerprint density at radius 3 is 2.56 bits per heavy atom. The van der Waals surface area contributed by atoms with Crippen LogP contribution >= 0.6 is 0 Å². The molecule has 0 unspecified atom stereocenters. The van der Waals surface area contributed by atoms with Crippen molar-refractivity contribution < 1.29 is 18.3 Å². The summed E-state index contributed by atoms with van der Waals surface area (Å²) >= 11 is 0. The molecule has 1 amide bonds. The maximum absolute atomic E-state index is 14.9. The van der Waals surface area contributed by atoms with E-state index in [4.69, 9.17) is 4.74 Å². The van der Waals surface area contributed by atoms with Gasteiger partial charge in [0.15, 0.2) is 11.6 Å². The molecule has 9 nitrogen and oxygen atoms in total. The molecule has 3 aromatic heterocycles. The van der Waals surface area contributed by atoms with Crippen LogP contribution < -0.4 is 5.32 Å². The Kier molecular flexibility index (Phi) is 6.09. The maximum atomic E-state index is 14.9. The van der Waals surface area contributed by atoms with Crippen molar-refractivity contribution in [2.45, 2.75) is 32.9 Å². The number of pyridine rings is 1. The largest absolute Gasteiger partial charge is 0.378 e. The number of likely N-dealkylation sites (tertiary alicyclic amines) is 1. The number of hydrogen-bond acceptors (Lipinski definition) is 7. The molecular formula is C25H25F2N7O2. The highest BCUT2D eigenvalue weighted by molar-refractivity contribution is 5.94. The monoisotopic (exact) mass is 493 g/mol. The molecule has 1 fully saturated rings. The molecule has 1 saturated heterocycles. The summed E-state index contributed by atoms with van der Waals surface area (Å²) in [7, 11) is 1.62. The highest BCUT2D eigenvalue weighted by Gasteiger charge is 2.31. The first kappa shape index (κ1) is 23.7. The van der Waals surface area contributed by atoms with Gasteiger partial charge in [0.2, 0.25) is 5.95 Å². The molecule has 0 bridgehead atoms. The first-order valence-electron chi connectivity index (χ1n) is 11.5. The van der Waals surface area contributed by atoms with E-state index in [1.165, 1.54) is 12.3 Å². The predicted molar refractivity (Wildman–Crippen MR) is 130 cm³/mol. The molecule has 4 heterocycles. The normalized spacial score (nSPS) is 13.9. The number of benzene rings is 1. The second kappa shape index (κ2) is 9.23. The number of hydrogen-bond donors (Lipinski definition) is 1. The quantitative estimate of drug-likeness (QED) is 0.428. The molecule has 5 rings (SSSR count). The highest BCUT2D eigenvalue weighted by atomic mass is 19.1. The van der Waals surface area contributed by atoms with Crippen LogP contribution in [0.4, 0.5) is 20.5 Å². The van der Waals surface area contributed by atoms with E-state index in [0.29, 0.717) is 35.8 Å². The van der Waals surface area contributed by atoms with Crippen molar-refractivity contribution in [2.75, 3.05) is 25.5 Å². The van der Waals surface area contributed by atoms with E-state index in [-0.39, 0.29) is 40.8 Å². The van der Waals surface area contributed by atoms with Gasteiger partial charge >= 0.3 is 0 Å². The molecule has 36 heavy (non-hydrogen) atoms. The van der Waals surface area contributed by atoms with Gasteiger partial charge in [0.1, 0.15) is 22.9 Å². The summed E-state index contributed by atoms with van der Waals surface area (Å²) in [6.45, 7) is 6.84. The smallest absolute Gasteiger partial charge is 0.255 e. The standard InChI is InChI=1S/C25H25F2N7O2/c1-13(2)34-14(3)30-23-18(26)7-16(8-20(23)34)22-19(27)10-29-25(32-22)31-21-6-5-15(9-28-21)24(35)33-11-17(12-33)36-4/h5-10,13,17H,11-12H2,1-4H3,(H,28,29,31,32). The van der Waals surface area contributed by atoms with Crippen molar-refractivity contribution in [3.8, 4) is 11.3 Å². The number of carbonyl (C=O) groups is 1. The third-order valence-corrected chi connectivity index (χ3v) is 6.18. The number of rotatable bonds is 6. The summed E-state index contributed by atoms with van der Waals surface area (Å²) in [4.78, 5) is 31.0. The molecule has 1 aliphatic rings. The van der Waals surface area contributed by atoms with E-state index < -0.39 is 11.6 Å². The lowest BCUT2D eigenvalue weighted by Gasteiger charge is -2.38. The molecule has 0 spiro atoms. The molecule has 0 aliphatic carbocycles. The van der Waals surface area contributed by atoms with Crippen LogP contribution in [0.2, 0.25) is 0 Å². The number of nitrogens with zero attached hydrogens (tertiary/aromatic N) is 6. The van der Waals surface area contributed by atoms with E-state index in [1.807, 2.05) is 18.4 Å². The third-order valence-electron chi connectivity index (χ3n) is 6.18. The van der Waals surface area contributed by atoms with Crippen LogP contribution in [0, 0.1) is 18.6 Å². The Labute approximate surface area is 206 Å². The fourth-order valence-corrected chi connectivity index (χ4v) is 4.33. The maximum Gasteiger partial charge on any atom is 0.255 e. The molecule has 0 radical (unpaired) electrons. The first-order chi connectivity index (χ1) is 17.2. The van der Waals surface area contributed by atoms with Crippen LogP contribution in [-0.4, -0.2) is 61.6 Å². The van der Waals surface area contributed by atoms with E-state index in [0.717, 1.165) is 6.20 Å². The van der Waals surface area contributed by atoms with E-state index in [2.05, 4.69) is 25.3 Å². The fourth-order valence-electron chi connectivity index (χ4n) is 4.33. The van der Waals surface area contributed by atoms with Crippen LogP contribution in [-0.2, 0) is 4.74 Å². The number of carbonyl (C=O) groups excluding carboxylic acids is 1. The number of fused-ring (bicyclic) bond motifs is 1. The van der Waals surface area contributed by atoms with Gasteiger partial charge in [-0.25, -0.2) is 28.7 Å². The number of nitrogens with one attached hydrogen (secondary N) is 1. The van der Waals surface area contributed by atoms with Gasteiger partial charge < -0.3 is 19.5 Å². The third kappa shape index (κ3) is 4.26. The molecule has 1 N–H and O–H groups in total. The van der Waals surface area contributed by atoms with E-state index >= 15 is 0 Å². The van der Waals surface area contributed by atoms with Crippen LogP contribution in [0.1, 0.15) is 36.1 Å². The van der Waals surface area contributed by atoms with Crippen molar-refractivity contribution in [1.82, 2.24) is 29.4 Å². The zero-order valence-electron chi connectivity index (χ0n) is 20.3. The van der Waals surface area contributed by atoms with Gasteiger partial charge in [0.25, 0.3) is 5.91 Å². The fraction of sp³-hybridized carbons (Fsp3) is 0.320. The Hall–Kier alpha value is -3.99. The number of aromatic nitrogens is 5. The number of ether oxygens (including phenoxy) is 1. The second-order valence-electron chi connectivity index (χ2n) is 8.96. The predicted octanol–water partition coefficient (Wildman–Crippen LogP) is 4.27. The van der Waals surface area contributed by atoms with Crippen LogP contribution in [0.3, 0.4) is 0 Å². The number of anilines is 2. The summed E-state index contributed by atoms with van der Waals surface area (Å²) in [5, 5.41) is 2.91. The Morgan fingerprint density at radius 2 is 1.89 bits per heavy atom. The topological polar surface area (TPSA) is 98.1 Å². The lowest BCUT2D eigenvalue weighted by molar-refractivity contribution is -0.0192. The number of methoxy groups -OCH3 is 1. The van der Waals surface area contributed by atoms with Crippen molar-refractivity contribution in [3.63, 3.8) is 0 Å². The van der Waals surface area contributed by atoms with Crippen molar-refractivity contribution >= 4 is 28.7 Å². The first-order valence-corrected chi connectivity index (χ1v) is 11.5. The second-order valence-corrected chi connectivity index (χ2v) is 8.96. The zero-order chi connectivity index (χ0) is 25.6. The Morgan fingerprint density at radius 1 is 1.11 bits per heavy atom. The van der Waals surface area contributed by atoms with Gasteiger partial charge in [0, 0.05) is 38.0 Å². The number of imidazole rings is 1. The summed E-state index contributed by atoms with van der Waals surface area (Å²) < 4.78 is 36.7. The summed E-state index contributed by atoms with van der Waals surface area (Å²) in [5.41, 5.74) is 1.44. The molecule has 11 heteroatoms. The van der Waals surface area contributed by atoms with Gasteiger partial charge in [0.05, 0.1) is 23.4 Å². The summed E-state index contributed by atoms with van der Waals surface area (Å²) in [6, 6.07) is 6.19. The van der Waals surface area contributed by atoms with Gasteiger partial charge in [-0.15, -0.1) is 0 Å². The van der Waals surface area contributed by atoms with Crippen molar-refractivity contribution in [3.05, 3.63) is 59.7 Å². The van der Waals surface area contributed by atoms with Gasteiger partial charge in [-0.1, -0.05) is 0 Å². The SMILES string of the molecule is COC1CN(C(=O)c2ccc(Nc3ncc(F)c(-c4cc(F)c5nc(C)n(C(C)C)c5c4)n3)nc2)C1. The van der Waals surface area contributed by atoms with Crippen LogP contribution in [0.15, 0.2) is 36.7 Å². The number of aryl methyl sites for hydroxylation is 1. The lowest BCUT2D eigenvalue weighted by atomic mass is 10.1. The molecule has 0 atom stereocenters. The molecule has 186 valence electrons. The Bertz CT molecular complexity index is 1450. The van der Waals surface area contributed by atoms with Crippen LogP contribution in [0.5, 0.6) is 0 Å². The molecular weight excluding hydrogens is 468 g/mol. The summed E-state index contributed by atoms with van der Waals surface area (Å²) in [5.74, 6) is -0.253. The van der Waals surface area contributed by atoms with Gasteiger partial charge in [-0.05, 0) is 45.0 Å². The number of halogens is 2. The van der Waals surface area contributed by atoms with Crippen molar-refractivity contribution in [1.29, 1.82) is 0 Å².